The van der Waals surface area contributed by atoms with E-state index in [1.807, 2.05) is 0 Å². The second-order valence-electron chi connectivity index (χ2n) is 7.35. The Morgan fingerprint density at radius 3 is 2.35 bits per heavy atom. The minimum Gasteiger partial charge on any atom is -0.461 e. The summed E-state index contributed by atoms with van der Waals surface area (Å²) in [6.45, 7) is 4.47. The first kappa shape index (κ1) is 24.7. The fourth-order valence-electron chi connectivity index (χ4n) is 3.41. The number of rotatable bonds is 8. The van der Waals surface area contributed by atoms with E-state index >= 15 is 0 Å². The number of carbonyl (C=O) groups excluding carboxylic acids is 4. The second-order valence-corrected chi connectivity index (χ2v) is 7.79. The fraction of sp³-hybridized carbons (Fsp3) is 0.200. The Morgan fingerprint density at radius 1 is 0.971 bits per heavy atom. The van der Waals surface area contributed by atoms with Gasteiger partial charge < -0.3 is 19.8 Å². The predicted molar refractivity (Wildman–Crippen MR) is 126 cm³/mol. The average Bonchev–Trinajstić information content (AvgIpc) is 3.12. The highest BCUT2D eigenvalue weighted by Crippen LogP contribution is 2.24. The molecule has 34 heavy (non-hydrogen) atoms. The summed E-state index contributed by atoms with van der Waals surface area (Å²) >= 11 is 6.06. The van der Waals surface area contributed by atoms with E-state index in [4.69, 9.17) is 21.1 Å². The lowest BCUT2D eigenvalue weighted by Gasteiger charge is -2.12. The third-order valence-electron chi connectivity index (χ3n) is 4.99. The Bertz CT molecular complexity index is 1250. The molecule has 0 aliphatic rings. The summed E-state index contributed by atoms with van der Waals surface area (Å²) < 4.78 is 10.1. The van der Waals surface area contributed by atoms with Gasteiger partial charge >= 0.3 is 11.9 Å². The van der Waals surface area contributed by atoms with Crippen LogP contribution in [0.3, 0.4) is 0 Å². The number of hydrogen-bond donors (Lipinski definition) is 2. The summed E-state index contributed by atoms with van der Waals surface area (Å²) in [7, 11) is 0. The van der Waals surface area contributed by atoms with Crippen LogP contribution in [0.1, 0.15) is 54.9 Å². The molecule has 3 rings (SSSR count). The van der Waals surface area contributed by atoms with Gasteiger partial charge in [0, 0.05) is 21.8 Å². The summed E-state index contributed by atoms with van der Waals surface area (Å²) in [6.07, 6.45) is 0. The molecule has 1 aromatic heterocycles. The third kappa shape index (κ3) is 5.52. The highest BCUT2D eigenvalue weighted by molar-refractivity contribution is 6.31. The van der Waals surface area contributed by atoms with Gasteiger partial charge in [0.05, 0.1) is 17.9 Å². The SMILES string of the molecule is CCOC(=O)c1[nH]c(C)c(C(=O)OCC(=O)Nc2ccc(Cl)cc2C(=O)c2ccccc2)c1C. The van der Waals surface area contributed by atoms with Crippen LogP contribution < -0.4 is 5.32 Å². The van der Waals surface area contributed by atoms with E-state index in [0.29, 0.717) is 21.8 Å². The monoisotopic (exact) mass is 482 g/mol. The zero-order chi connectivity index (χ0) is 24.8. The van der Waals surface area contributed by atoms with Gasteiger partial charge in [-0.1, -0.05) is 41.9 Å². The van der Waals surface area contributed by atoms with E-state index in [1.54, 1.807) is 51.1 Å². The molecule has 176 valence electrons. The van der Waals surface area contributed by atoms with Gasteiger partial charge in [0.2, 0.25) is 0 Å². The minimum atomic E-state index is -0.770. The van der Waals surface area contributed by atoms with Crippen LogP contribution in [0, 0.1) is 13.8 Å². The van der Waals surface area contributed by atoms with Gasteiger partial charge in [-0.05, 0) is 44.5 Å². The lowest BCUT2D eigenvalue weighted by atomic mass is 10.0. The second kappa shape index (κ2) is 10.8. The number of ketones is 1. The Kier molecular flexibility index (Phi) is 7.86. The summed E-state index contributed by atoms with van der Waals surface area (Å²) in [4.78, 5) is 52.8. The number of aromatic amines is 1. The van der Waals surface area contributed by atoms with Gasteiger partial charge in [0.25, 0.3) is 5.91 Å². The number of H-pyrrole nitrogens is 1. The molecule has 1 amide bonds. The van der Waals surface area contributed by atoms with Crippen LogP contribution >= 0.6 is 11.6 Å². The average molecular weight is 483 g/mol. The molecule has 0 radical (unpaired) electrons. The summed E-state index contributed by atoms with van der Waals surface area (Å²) in [5, 5.41) is 2.92. The van der Waals surface area contributed by atoms with Crippen molar-refractivity contribution in [3.8, 4) is 0 Å². The molecular formula is C25H23ClN2O6. The summed E-state index contributed by atoms with van der Waals surface area (Å²) in [5.41, 5.74) is 1.97. The number of benzene rings is 2. The first-order valence-electron chi connectivity index (χ1n) is 10.5. The molecule has 0 bridgehead atoms. The Balaban J connectivity index is 1.71. The molecule has 8 nitrogen and oxygen atoms in total. The normalized spacial score (nSPS) is 10.5. The molecule has 0 saturated carbocycles. The molecule has 0 saturated heterocycles. The lowest BCUT2D eigenvalue weighted by molar-refractivity contribution is -0.119. The van der Waals surface area contributed by atoms with Crippen LogP contribution in [0.2, 0.25) is 5.02 Å². The number of hydrogen-bond acceptors (Lipinski definition) is 6. The van der Waals surface area contributed by atoms with E-state index < -0.39 is 24.5 Å². The smallest absolute Gasteiger partial charge is 0.355 e. The van der Waals surface area contributed by atoms with Crippen molar-refractivity contribution in [2.45, 2.75) is 20.8 Å². The molecular weight excluding hydrogens is 460 g/mol. The number of aryl methyl sites for hydroxylation is 1. The number of ether oxygens (including phenoxy) is 2. The van der Waals surface area contributed by atoms with E-state index in [0.717, 1.165) is 0 Å². The van der Waals surface area contributed by atoms with Crippen molar-refractivity contribution in [2.75, 3.05) is 18.5 Å². The Labute approximate surface area is 201 Å². The molecule has 0 aliphatic carbocycles. The van der Waals surface area contributed by atoms with Crippen molar-refractivity contribution in [3.05, 3.63) is 87.2 Å². The standard InChI is InChI=1S/C25H23ClN2O6/c1-4-33-25(32)22-14(2)21(15(3)27-22)24(31)34-13-20(29)28-19-11-10-17(26)12-18(19)23(30)16-8-6-5-7-9-16/h5-12,27H,4,13H2,1-3H3,(H,28,29). The van der Waals surface area contributed by atoms with Gasteiger partial charge in [-0.15, -0.1) is 0 Å². The van der Waals surface area contributed by atoms with Gasteiger partial charge in [-0.2, -0.15) is 0 Å². The zero-order valence-corrected chi connectivity index (χ0v) is 19.6. The van der Waals surface area contributed by atoms with Crippen molar-refractivity contribution in [1.29, 1.82) is 0 Å². The molecule has 0 fully saturated rings. The van der Waals surface area contributed by atoms with E-state index in [1.165, 1.54) is 18.2 Å². The number of nitrogens with one attached hydrogen (secondary N) is 2. The molecule has 2 aromatic carbocycles. The first-order valence-corrected chi connectivity index (χ1v) is 10.8. The number of anilines is 1. The molecule has 2 N–H and O–H groups in total. The molecule has 0 unspecified atom stereocenters. The Hall–Kier alpha value is -3.91. The van der Waals surface area contributed by atoms with Crippen LogP contribution in [0.15, 0.2) is 48.5 Å². The maximum atomic E-state index is 12.9. The van der Waals surface area contributed by atoms with Crippen LogP contribution in [0.25, 0.3) is 0 Å². The maximum Gasteiger partial charge on any atom is 0.355 e. The number of halogens is 1. The molecule has 9 heteroatoms. The largest absolute Gasteiger partial charge is 0.461 e. The van der Waals surface area contributed by atoms with Gasteiger partial charge in [-0.3, -0.25) is 9.59 Å². The predicted octanol–water partition coefficient (Wildman–Crippen LogP) is 4.49. The van der Waals surface area contributed by atoms with E-state index in [2.05, 4.69) is 10.3 Å². The molecule has 1 heterocycles. The first-order chi connectivity index (χ1) is 16.2. The van der Waals surface area contributed by atoms with Gasteiger partial charge in [0.15, 0.2) is 12.4 Å². The van der Waals surface area contributed by atoms with Crippen molar-refractivity contribution >= 4 is 40.9 Å². The van der Waals surface area contributed by atoms with Crippen LogP contribution in [-0.2, 0) is 14.3 Å². The fourth-order valence-corrected chi connectivity index (χ4v) is 3.58. The van der Waals surface area contributed by atoms with Crippen LogP contribution in [0.5, 0.6) is 0 Å². The van der Waals surface area contributed by atoms with Gasteiger partial charge in [0.1, 0.15) is 5.69 Å². The number of carbonyl (C=O) groups is 4. The van der Waals surface area contributed by atoms with Gasteiger partial charge in [-0.25, -0.2) is 9.59 Å². The highest BCUT2D eigenvalue weighted by Gasteiger charge is 2.24. The van der Waals surface area contributed by atoms with Crippen molar-refractivity contribution in [1.82, 2.24) is 4.98 Å². The summed E-state index contributed by atoms with van der Waals surface area (Å²) in [6, 6.07) is 13.1. The molecule has 0 aliphatic heterocycles. The minimum absolute atomic E-state index is 0.154. The van der Waals surface area contributed by atoms with E-state index in [-0.39, 0.29) is 34.9 Å². The lowest BCUT2D eigenvalue weighted by Crippen LogP contribution is -2.22. The van der Waals surface area contributed by atoms with Crippen molar-refractivity contribution in [3.63, 3.8) is 0 Å². The zero-order valence-electron chi connectivity index (χ0n) is 18.9. The third-order valence-corrected chi connectivity index (χ3v) is 5.23. The molecule has 3 aromatic rings. The molecule has 0 atom stereocenters. The van der Waals surface area contributed by atoms with Crippen molar-refractivity contribution in [2.24, 2.45) is 0 Å². The number of esters is 2. The highest BCUT2D eigenvalue weighted by atomic mass is 35.5. The van der Waals surface area contributed by atoms with E-state index in [9.17, 15) is 19.2 Å². The van der Waals surface area contributed by atoms with Crippen LogP contribution in [-0.4, -0.2) is 41.8 Å². The summed E-state index contributed by atoms with van der Waals surface area (Å²) in [5.74, 6) is -2.32. The molecule has 0 spiro atoms. The number of amides is 1. The van der Waals surface area contributed by atoms with Crippen molar-refractivity contribution < 1.29 is 28.7 Å². The Morgan fingerprint density at radius 2 is 1.68 bits per heavy atom. The number of aromatic nitrogens is 1. The topological polar surface area (TPSA) is 115 Å². The van der Waals surface area contributed by atoms with Crippen LogP contribution in [0.4, 0.5) is 5.69 Å². The maximum absolute atomic E-state index is 12.9. The quantitative estimate of drug-likeness (QED) is 0.361.